The Morgan fingerprint density at radius 3 is 2.26 bits per heavy atom. The first-order chi connectivity index (χ1) is 14.8. The lowest BCUT2D eigenvalue weighted by molar-refractivity contribution is 0.408. The van der Waals surface area contributed by atoms with Gasteiger partial charge in [0.1, 0.15) is 23.5 Å². The number of rotatable bonds is 5. The van der Waals surface area contributed by atoms with Crippen LogP contribution in [0.2, 0.25) is 0 Å². The highest BCUT2D eigenvalue weighted by Gasteiger charge is 2.23. The molecule has 0 spiro atoms. The number of hydrogen-bond donors (Lipinski definition) is 3. The van der Waals surface area contributed by atoms with Gasteiger partial charge in [0.2, 0.25) is 0 Å². The number of nitrogen functional groups attached to an aromatic ring is 1. The molecule has 0 unspecified atom stereocenters. The summed E-state index contributed by atoms with van der Waals surface area (Å²) >= 11 is 0. The number of hydrogen-bond acceptors (Lipinski definition) is 6. The number of aromatic nitrogens is 3. The zero-order valence-corrected chi connectivity index (χ0v) is 18.5. The average Bonchev–Trinajstić information content (AvgIpc) is 3.15. The molecule has 7 heteroatoms. The van der Waals surface area contributed by atoms with Crippen molar-refractivity contribution in [1.82, 2.24) is 14.5 Å². The highest BCUT2D eigenvalue weighted by Crippen LogP contribution is 2.40. The van der Waals surface area contributed by atoms with Crippen LogP contribution in [0.4, 0.5) is 22.9 Å². The molecule has 4 N–H and O–H groups in total. The van der Waals surface area contributed by atoms with Crippen molar-refractivity contribution in [3.63, 3.8) is 0 Å². The first-order valence-electron chi connectivity index (χ1n) is 10.2. The number of nitrogens with one attached hydrogen (secondary N) is 2. The van der Waals surface area contributed by atoms with Crippen molar-refractivity contribution >= 4 is 33.9 Å². The van der Waals surface area contributed by atoms with Gasteiger partial charge >= 0.3 is 0 Å². The Hall–Kier alpha value is -3.74. The summed E-state index contributed by atoms with van der Waals surface area (Å²) in [7, 11) is 3.58. The molecular formula is C24H28N6O. The fourth-order valence-corrected chi connectivity index (χ4v) is 3.68. The van der Waals surface area contributed by atoms with Gasteiger partial charge in [-0.05, 0) is 57.2 Å². The molecule has 0 aliphatic heterocycles. The predicted molar refractivity (Wildman–Crippen MR) is 128 cm³/mol. The van der Waals surface area contributed by atoms with Crippen LogP contribution in [0.25, 0.3) is 22.2 Å². The molecule has 2 heterocycles. The highest BCUT2D eigenvalue weighted by molar-refractivity contribution is 6.02. The zero-order valence-electron chi connectivity index (χ0n) is 18.5. The second-order valence-electron chi connectivity index (χ2n) is 8.41. The smallest absolute Gasteiger partial charge is 0.146 e. The first kappa shape index (κ1) is 20.5. The molecule has 0 bridgehead atoms. The predicted octanol–water partition coefficient (Wildman–Crippen LogP) is 5.23. The van der Waals surface area contributed by atoms with Crippen LogP contribution in [0.5, 0.6) is 5.75 Å². The van der Waals surface area contributed by atoms with Crippen LogP contribution in [-0.4, -0.2) is 28.7 Å². The second kappa shape index (κ2) is 7.83. The summed E-state index contributed by atoms with van der Waals surface area (Å²) in [6.07, 6.45) is 3.59. The number of nitrogens with two attached hydrogens (primary N) is 1. The van der Waals surface area contributed by atoms with Crippen LogP contribution >= 0.6 is 0 Å². The van der Waals surface area contributed by atoms with E-state index in [1.807, 2.05) is 49.5 Å². The Balaban J connectivity index is 1.79. The van der Waals surface area contributed by atoms with E-state index in [-0.39, 0.29) is 5.54 Å². The SMILES string of the molecule is CNc1ccc(Nc2ccc(-c3cn(C(C)(C)C)c4ncnc(N)c34)c(OC)c2)cc1. The summed E-state index contributed by atoms with van der Waals surface area (Å²) in [6, 6.07) is 14.2. The number of fused-ring (bicyclic) bond motifs is 1. The molecule has 0 aliphatic rings. The van der Waals surface area contributed by atoms with Crippen molar-refractivity contribution in [3.05, 3.63) is 55.0 Å². The molecule has 0 saturated carbocycles. The van der Waals surface area contributed by atoms with E-state index in [4.69, 9.17) is 10.5 Å². The van der Waals surface area contributed by atoms with Gasteiger partial charge in [-0.15, -0.1) is 0 Å². The van der Waals surface area contributed by atoms with E-state index in [2.05, 4.69) is 52.1 Å². The molecule has 0 fully saturated rings. The van der Waals surface area contributed by atoms with Gasteiger partial charge in [-0.25, -0.2) is 9.97 Å². The summed E-state index contributed by atoms with van der Waals surface area (Å²) in [5.41, 5.74) is 11.8. The Morgan fingerprint density at radius 1 is 0.935 bits per heavy atom. The van der Waals surface area contributed by atoms with E-state index in [1.54, 1.807) is 7.11 Å². The minimum absolute atomic E-state index is 0.161. The molecule has 0 aliphatic carbocycles. The van der Waals surface area contributed by atoms with Crippen molar-refractivity contribution in [2.24, 2.45) is 0 Å². The normalized spacial score (nSPS) is 11.5. The van der Waals surface area contributed by atoms with Gasteiger partial charge in [0, 0.05) is 53.0 Å². The zero-order chi connectivity index (χ0) is 22.2. The van der Waals surface area contributed by atoms with E-state index >= 15 is 0 Å². The van der Waals surface area contributed by atoms with Gasteiger partial charge in [-0.2, -0.15) is 0 Å². The van der Waals surface area contributed by atoms with E-state index in [1.165, 1.54) is 6.33 Å². The monoisotopic (exact) mass is 416 g/mol. The van der Waals surface area contributed by atoms with Gasteiger partial charge in [-0.3, -0.25) is 0 Å². The van der Waals surface area contributed by atoms with Crippen LogP contribution in [-0.2, 0) is 5.54 Å². The van der Waals surface area contributed by atoms with Crippen LogP contribution < -0.4 is 21.1 Å². The molecule has 2 aromatic heterocycles. The molecular weight excluding hydrogens is 388 g/mol. The lowest BCUT2D eigenvalue weighted by Gasteiger charge is -2.21. The van der Waals surface area contributed by atoms with Crippen LogP contribution in [0, 0.1) is 0 Å². The summed E-state index contributed by atoms with van der Waals surface area (Å²) in [4.78, 5) is 8.74. The largest absolute Gasteiger partial charge is 0.496 e. The summed E-state index contributed by atoms with van der Waals surface area (Å²) in [6.45, 7) is 6.41. The highest BCUT2D eigenvalue weighted by atomic mass is 16.5. The molecule has 4 aromatic rings. The minimum atomic E-state index is -0.161. The van der Waals surface area contributed by atoms with Crippen molar-refractivity contribution in [2.45, 2.75) is 26.3 Å². The van der Waals surface area contributed by atoms with Gasteiger partial charge in [0.25, 0.3) is 0 Å². The lowest BCUT2D eigenvalue weighted by Crippen LogP contribution is -2.21. The molecule has 0 radical (unpaired) electrons. The third-order valence-electron chi connectivity index (χ3n) is 5.29. The minimum Gasteiger partial charge on any atom is -0.496 e. The van der Waals surface area contributed by atoms with Crippen LogP contribution in [0.1, 0.15) is 20.8 Å². The van der Waals surface area contributed by atoms with E-state index in [0.717, 1.165) is 45.0 Å². The maximum absolute atomic E-state index is 6.28. The van der Waals surface area contributed by atoms with Crippen molar-refractivity contribution < 1.29 is 4.74 Å². The number of ether oxygens (including phenoxy) is 1. The molecule has 160 valence electrons. The molecule has 31 heavy (non-hydrogen) atoms. The van der Waals surface area contributed by atoms with Crippen molar-refractivity contribution in [1.29, 1.82) is 0 Å². The second-order valence-corrected chi connectivity index (χ2v) is 8.41. The van der Waals surface area contributed by atoms with Gasteiger partial charge < -0.3 is 25.7 Å². The molecule has 7 nitrogen and oxygen atoms in total. The van der Waals surface area contributed by atoms with Gasteiger partial charge in [0.05, 0.1) is 12.5 Å². The van der Waals surface area contributed by atoms with E-state index < -0.39 is 0 Å². The number of methoxy groups -OCH3 is 1. The third kappa shape index (κ3) is 3.86. The fraction of sp³-hybridized carbons (Fsp3) is 0.250. The van der Waals surface area contributed by atoms with Crippen molar-refractivity contribution in [3.8, 4) is 16.9 Å². The number of benzene rings is 2. The molecule has 0 amide bonds. The van der Waals surface area contributed by atoms with E-state index in [9.17, 15) is 0 Å². The Bertz CT molecular complexity index is 1220. The quantitative estimate of drug-likeness (QED) is 0.413. The summed E-state index contributed by atoms with van der Waals surface area (Å²) < 4.78 is 7.89. The van der Waals surface area contributed by atoms with E-state index in [0.29, 0.717) is 5.82 Å². The Labute approximate surface area is 182 Å². The molecule has 0 saturated heterocycles. The topological polar surface area (TPSA) is 90.0 Å². The lowest BCUT2D eigenvalue weighted by atomic mass is 10.0. The maximum Gasteiger partial charge on any atom is 0.146 e. The van der Waals surface area contributed by atoms with Gasteiger partial charge in [-0.1, -0.05) is 0 Å². The number of nitrogens with zero attached hydrogens (tertiary/aromatic N) is 3. The summed E-state index contributed by atoms with van der Waals surface area (Å²) in [5.74, 6) is 1.20. The third-order valence-corrected chi connectivity index (χ3v) is 5.29. The first-order valence-corrected chi connectivity index (χ1v) is 10.2. The Kier molecular flexibility index (Phi) is 5.19. The molecule has 2 aromatic carbocycles. The Morgan fingerprint density at radius 2 is 1.61 bits per heavy atom. The standard InChI is InChI=1S/C24H28N6O/c1-24(2,3)30-13-19(21-22(25)27-14-28-23(21)30)18-11-10-17(12-20(18)31-5)29-16-8-6-15(26-4)7-9-16/h6-14,26,29H,1-5H3,(H2,25,27,28). The van der Waals surface area contributed by atoms with Crippen LogP contribution in [0.15, 0.2) is 55.0 Å². The fourth-order valence-electron chi connectivity index (χ4n) is 3.68. The average molecular weight is 417 g/mol. The molecule has 4 rings (SSSR count). The van der Waals surface area contributed by atoms with Crippen LogP contribution in [0.3, 0.4) is 0 Å². The van der Waals surface area contributed by atoms with Gasteiger partial charge in [0.15, 0.2) is 0 Å². The molecule has 0 atom stereocenters. The van der Waals surface area contributed by atoms with Crippen molar-refractivity contribution in [2.75, 3.05) is 30.5 Å². The number of anilines is 4. The summed E-state index contributed by atoms with van der Waals surface area (Å²) in [5, 5.41) is 7.38. The maximum atomic E-state index is 6.28.